The van der Waals surface area contributed by atoms with Crippen molar-refractivity contribution in [1.29, 1.82) is 0 Å². The summed E-state index contributed by atoms with van der Waals surface area (Å²) in [6.45, 7) is 2.82. The van der Waals surface area contributed by atoms with E-state index in [1.54, 1.807) is 0 Å². The number of aryl methyl sites for hydroxylation is 1. The standard InChI is InChI=1S/C13H17NO/c1-2-10-5-3-4-6-12(10)9-14-13(15)11-7-8-11/h3-6,11H,2,7-9H2,1H3,(H,14,15). The van der Waals surface area contributed by atoms with Crippen molar-refractivity contribution in [2.24, 2.45) is 5.92 Å². The molecule has 0 unspecified atom stereocenters. The monoisotopic (exact) mass is 203 g/mol. The zero-order valence-electron chi connectivity index (χ0n) is 9.12. The Kier molecular flexibility index (Phi) is 3.05. The number of benzene rings is 1. The van der Waals surface area contributed by atoms with Crippen LogP contribution in [0.2, 0.25) is 0 Å². The summed E-state index contributed by atoms with van der Waals surface area (Å²) in [5.74, 6) is 0.527. The van der Waals surface area contributed by atoms with Gasteiger partial charge in [-0.25, -0.2) is 0 Å². The van der Waals surface area contributed by atoms with Gasteiger partial charge < -0.3 is 5.32 Å². The van der Waals surface area contributed by atoms with Gasteiger partial charge >= 0.3 is 0 Å². The van der Waals surface area contributed by atoms with Crippen LogP contribution in [0.5, 0.6) is 0 Å². The summed E-state index contributed by atoms with van der Waals surface area (Å²) in [6.07, 6.45) is 3.16. The molecule has 1 amide bonds. The highest BCUT2D eigenvalue weighted by Crippen LogP contribution is 2.28. The number of amides is 1. The molecule has 0 spiro atoms. The number of hydrogen-bond acceptors (Lipinski definition) is 1. The molecule has 2 rings (SSSR count). The van der Waals surface area contributed by atoms with Crippen molar-refractivity contribution in [2.75, 3.05) is 0 Å². The predicted octanol–water partition coefficient (Wildman–Crippen LogP) is 2.28. The minimum atomic E-state index is 0.223. The molecule has 0 aromatic heterocycles. The molecule has 0 saturated heterocycles. The summed E-state index contributed by atoms with van der Waals surface area (Å²) in [5.41, 5.74) is 2.57. The molecular weight excluding hydrogens is 186 g/mol. The summed E-state index contributed by atoms with van der Waals surface area (Å²) in [4.78, 5) is 11.5. The van der Waals surface area contributed by atoms with Crippen molar-refractivity contribution < 1.29 is 4.79 Å². The van der Waals surface area contributed by atoms with Crippen molar-refractivity contribution in [3.8, 4) is 0 Å². The Balaban J connectivity index is 1.94. The van der Waals surface area contributed by atoms with E-state index in [-0.39, 0.29) is 5.91 Å². The third-order valence-electron chi connectivity index (χ3n) is 2.90. The summed E-state index contributed by atoms with van der Waals surface area (Å²) in [7, 11) is 0. The lowest BCUT2D eigenvalue weighted by molar-refractivity contribution is -0.122. The van der Waals surface area contributed by atoms with Gasteiger partial charge in [-0.05, 0) is 30.4 Å². The highest BCUT2D eigenvalue weighted by atomic mass is 16.2. The van der Waals surface area contributed by atoms with Crippen molar-refractivity contribution in [1.82, 2.24) is 5.32 Å². The maximum Gasteiger partial charge on any atom is 0.223 e. The first-order valence-electron chi connectivity index (χ1n) is 5.65. The van der Waals surface area contributed by atoms with E-state index < -0.39 is 0 Å². The molecular formula is C13H17NO. The fourth-order valence-electron chi connectivity index (χ4n) is 1.75. The van der Waals surface area contributed by atoms with Gasteiger partial charge in [0.2, 0.25) is 5.91 Å². The first-order chi connectivity index (χ1) is 7.31. The fourth-order valence-corrected chi connectivity index (χ4v) is 1.75. The molecule has 1 saturated carbocycles. The van der Waals surface area contributed by atoms with Gasteiger partial charge in [0.05, 0.1) is 0 Å². The molecule has 1 fully saturated rings. The lowest BCUT2D eigenvalue weighted by atomic mass is 10.1. The third kappa shape index (κ3) is 2.58. The Morgan fingerprint density at radius 3 is 2.60 bits per heavy atom. The van der Waals surface area contributed by atoms with Crippen LogP contribution in [0.4, 0.5) is 0 Å². The van der Waals surface area contributed by atoms with Crippen LogP contribution in [0.15, 0.2) is 24.3 Å². The molecule has 0 atom stereocenters. The molecule has 0 bridgehead atoms. The van der Waals surface area contributed by atoms with Gasteiger partial charge in [0, 0.05) is 12.5 Å². The quantitative estimate of drug-likeness (QED) is 0.799. The molecule has 0 aliphatic heterocycles. The van der Waals surface area contributed by atoms with E-state index in [0.29, 0.717) is 12.5 Å². The Hall–Kier alpha value is -1.31. The van der Waals surface area contributed by atoms with Crippen LogP contribution in [0.3, 0.4) is 0 Å². The molecule has 2 heteroatoms. The average Bonchev–Trinajstić information content (AvgIpc) is 3.10. The molecule has 1 aliphatic rings. The van der Waals surface area contributed by atoms with Gasteiger partial charge in [0.15, 0.2) is 0 Å². The summed E-state index contributed by atoms with van der Waals surface area (Å²) in [5, 5.41) is 3.00. The van der Waals surface area contributed by atoms with Crippen LogP contribution in [-0.4, -0.2) is 5.91 Å². The van der Waals surface area contributed by atoms with Gasteiger partial charge in [0.25, 0.3) is 0 Å². The minimum absolute atomic E-state index is 0.223. The van der Waals surface area contributed by atoms with E-state index >= 15 is 0 Å². The van der Waals surface area contributed by atoms with Gasteiger partial charge in [-0.3, -0.25) is 4.79 Å². The van der Waals surface area contributed by atoms with Crippen LogP contribution in [0.1, 0.15) is 30.9 Å². The molecule has 80 valence electrons. The van der Waals surface area contributed by atoms with Gasteiger partial charge in [-0.15, -0.1) is 0 Å². The lowest BCUT2D eigenvalue weighted by Gasteiger charge is -2.08. The number of hydrogen-bond donors (Lipinski definition) is 1. The van der Waals surface area contributed by atoms with E-state index in [2.05, 4.69) is 24.4 Å². The second kappa shape index (κ2) is 4.47. The zero-order chi connectivity index (χ0) is 10.7. The molecule has 1 aromatic carbocycles. The normalized spacial score (nSPS) is 15.0. The smallest absolute Gasteiger partial charge is 0.223 e. The Morgan fingerprint density at radius 2 is 2.00 bits per heavy atom. The number of carbonyl (C=O) groups excluding carboxylic acids is 1. The number of nitrogens with one attached hydrogen (secondary N) is 1. The van der Waals surface area contributed by atoms with Crippen LogP contribution >= 0.6 is 0 Å². The Labute approximate surface area is 90.7 Å². The van der Waals surface area contributed by atoms with Crippen LogP contribution < -0.4 is 5.32 Å². The first kappa shape index (κ1) is 10.2. The van der Waals surface area contributed by atoms with Crippen molar-refractivity contribution in [3.63, 3.8) is 0 Å². The lowest BCUT2D eigenvalue weighted by Crippen LogP contribution is -2.24. The van der Waals surface area contributed by atoms with E-state index in [4.69, 9.17) is 0 Å². The third-order valence-corrected chi connectivity index (χ3v) is 2.90. The number of carbonyl (C=O) groups is 1. The zero-order valence-corrected chi connectivity index (χ0v) is 9.12. The van der Waals surface area contributed by atoms with Gasteiger partial charge in [0.1, 0.15) is 0 Å². The first-order valence-corrected chi connectivity index (χ1v) is 5.65. The van der Waals surface area contributed by atoms with Crippen molar-refractivity contribution in [3.05, 3.63) is 35.4 Å². The van der Waals surface area contributed by atoms with E-state index in [9.17, 15) is 4.79 Å². The van der Waals surface area contributed by atoms with Crippen molar-refractivity contribution in [2.45, 2.75) is 32.7 Å². The highest BCUT2D eigenvalue weighted by molar-refractivity contribution is 5.80. The Bertz CT molecular complexity index is 355. The fraction of sp³-hybridized carbons (Fsp3) is 0.462. The topological polar surface area (TPSA) is 29.1 Å². The minimum Gasteiger partial charge on any atom is -0.352 e. The SMILES string of the molecule is CCc1ccccc1CNC(=O)C1CC1. The van der Waals surface area contributed by atoms with E-state index in [1.165, 1.54) is 11.1 Å². The van der Waals surface area contributed by atoms with E-state index in [0.717, 1.165) is 19.3 Å². The van der Waals surface area contributed by atoms with Crippen LogP contribution in [0, 0.1) is 5.92 Å². The maximum atomic E-state index is 11.5. The largest absolute Gasteiger partial charge is 0.352 e. The van der Waals surface area contributed by atoms with Crippen LogP contribution in [0.25, 0.3) is 0 Å². The van der Waals surface area contributed by atoms with Gasteiger partial charge in [-0.1, -0.05) is 31.2 Å². The second-order valence-corrected chi connectivity index (χ2v) is 4.11. The average molecular weight is 203 g/mol. The molecule has 1 aliphatic carbocycles. The summed E-state index contributed by atoms with van der Waals surface area (Å²) in [6, 6.07) is 8.29. The Morgan fingerprint density at radius 1 is 1.33 bits per heavy atom. The number of rotatable bonds is 4. The highest BCUT2D eigenvalue weighted by Gasteiger charge is 2.29. The molecule has 0 radical (unpaired) electrons. The maximum absolute atomic E-state index is 11.5. The predicted molar refractivity (Wildman–Crippen MR) is 60.4 cm³/mol. The van der Waals surface area contributed by atoms with Crippen LogP contribution in [-0.2, 0) is 17.8 Å². The second-order valence-electron chi connectivity index (χ2n) is 4.11. The molecule has 1 N–H and O–H groups in total. The van der Waals surface area contributed by atoms with Gasteiger partial charge in [-0.2, -0.15) is 0 Å². The summed E-state index contributed by atoms with van der Waals surface area (Å²) >= 11 is 0. The molecule has 2 nitrogen and oxygen atoms in total. The van der Waals surface area contributed by atoms with Crippen molar-refractivity contribution >= 4 is 5.91 Å². The molecule has 15 heavy (non-hydrogen) atoms. The summed E-state index contributed by atoms with van der Waals surface area (Å²) < 4.78 is 0. The molecule has 0 heterocycles. The van der Waals surface area contributed by atoms with E-state index in [1.807, 2.05) is 12.1 Å². The molecule has 1 aromatic rings.